The third-order valence-corrected chi connectivity index (χ3v) is 2.82. The first kappa shape index (κ1) is 11.5. The molecule has 0 heterocycles. The van der Waals surface area contributed by atoms with Crippen molar-refractivity contribution in [3.63, 3.8) is 0 Å². The fourth-order valence-corrected chi connectivity index (χ4v) is 1.96. The Morgan fingerprint density at radius 2 is 2.21 bits per heavy atom. The monoisotopic (exact) mass is 199 g/mol. The van der Waals surface area contributed by atoms with Gasteiger partial charge >= 0.3 is 0 Å². The standard InChI is InChI=1S/C11H21NO2/c1-8(2)10(13)12-9-5-4-6-11(3,14)7-9/h8-9,14H,4-7H2,1-3H3,(H,12,13). The molecule has 1 aliphatic carbocycles. The van der Waals surface area contributed by atoms with Gasteiger partial charge in [0, 0.05) is 12.0 Å². The minimum Gasteiger partial charge on any atom is -0.390 e. The summed E-state index contributed by atoms with van der Waals surface area (Å²) in [5.74, 6) is 0.120. The van der Waals surface area contributed by atoms with Crippen molar-refractivity contribution in [2.45, 2.75) is 58.1 Å². The summed E-state index contributed by atoms with van der Waals surface area (Å²) in [7, 11) is 0. The molecule has 3 nitrogen and oxygen atoms in total. The van der Waals surface area contributed by atoms with Crippen LogP contribution in [0.2, 0.25) is 0 Å². The lowest BCUT2D eigenvalue weighted by Gasteiger charge is -2.34. The maximum atomic E-state index is 11.4. The van der Waals surface area contributed by atoms with E-state index in [1.807, 2.05) is 20.8 Å². The van der Waals surface area contributed by atoms with E-state index in [1.54, 1.807) is 0 Å². The van der Waals surface area contributed by atoms with Crippen LogP contribution in [0.1, 0.15) is 46.5 Å². The molecule has 0 radical (unpaired) electrons. The Bertz CT molecular complexity index is 211. The summed E-state index contributed by atoms with van der Waals surface area (Å²) in [6.07, 6.45) is 3.52. The van der Waals surface area contributed by atoms with E-state index in [-0.39, 0.29) is 17.9 Å². The van der Waals surface area contributed by atoms with E-state index in [9.17, 15) is 9.90 Å². The Kier molecular flexibility index (Phi) is 3.53. The second kappa shape index (κ2) is 4.30. The molecule has 0 aliphatic heterocycles. The SMILES string of the molecule is CC(C)C(=O)NC1CCCC(C)(O)C1. The van der Waals surface area contributed by atoms with Gasteiger partial charge in [-0.25, -0.2) is 0 Å². The van der Waals surface area contributed by atoms with Gasteiger partial charge in [-0.2, -0.15) is 0 Å². The molecule has 1 fully saturated rings. The number of amides is 1. The first-order chi connectivity index (χ1) is 6.41. The van der Waals surface area contributed by atoms with Crippen LogP contribution in [0.4, 0.5) is 0 Å². The fourth-order valence-electron chi connectivity index (χ4n) is 1.96. The van der Waals surface area contributed by atoms with E-state index < -0.39 is 5.60 Å². The molecule has 0 aromatic carbocycles. The topological polar surface area (TPSA) is 49.3 Å². The summed E-state index contributed by atoms with van der Waals surface area (Å²) in [5.41, 5.74) is -0.590. The highest BCUT2D eigenvalue weighted by atomic mass is 16.3. The molecule has 2 unspecified atom stereocenters. The number of hydrogen-bond acceptors (Lipinski definition) is 2. The Hall–Kier alpha value is -0.570. The molecule has 14 heavy (non-hydrogen) atoms. The average molecular weight is 199 g/mol. The lowest BCUT2D eigenvalue weighted by Crippen LogP contribution is -2.45. The molecule has 0 spiro atoms. The van der Waals surface area contributed by atoms with Crippen molar-refractivity contribution in [1.82, 2.24) is 5.32 Å². The highest BCUT2D eigenvalue weighted by Gasteiger charge is 2.30. The van der Waals surface area contributed by atoms with E-state index >= 15 is 0 Å². The van der Waals surface area contributed by atoms with Crippen LogP contribution in [0, 0.1) is 5.92 Å². The lowest BCUT2D eigenvalue weighted by molar-refractivity contribution is -0.125. The van der Waals surface area contributed by atoms with Crippen LogP contribution in [0.5, 0.6) is 0 Å². The Morgan fingerprint density at radius 3 is 2.71 bits per heavy atom. The second-order valence-electron chi connectivity index (χ2n) is 4.95. The van der Waals surface area contributed by atoms with Gasteiger partial charge in [0.2, 0.25) is 5.91 Å². The van der Waals surface area contributed by atoms with Crippen molar-refractivity contribution >= 4 is 5.91 Å². The average Bonchev–Trinajstić information content (AvgIpc) is 2.01. The molecule has 1 rings (SSSR count). The van der Waals surface area contributed by atoms with Crippen LogP contribution in [-0.2, 0) is 4.79 Å². The van der Waals surface area contributed by atoms with Gasteiger partial charge in [-0.3, -0.25) is 4.79 Å². The summed E-state index contributed by atoms with van der Waals surface area (Å²) < 4.78 is 0. The molecule has 1 aliphatic rings. The number of rotatable bonds is 2. The zero-order chi connectivity index (χ0) is 10.8. The lowest BCUT2D eigenvalue weighted by atomic mass is 9.83. The fraction of sp³-hybridized carbons (Fsp3) is 0.909. The molecule has 0 aromatic heterocycles. The van der Waals surface area contributed by atoms with Gasteiger partial charge in [0.15, 0.2) is 0 Å². The maximum Gasteiger partial charge on any atom is 0.222 e. The molecule has 2 N–H and O–H groups in total. The van der Waals surface area contributed by atoms with Crippen molar-refractivity contribution in [3.8, 4) is 0 Å². The number of hydrogen-bond donors (Lipinski definition) is 2. The Labute approximate surface area is 85.9 Å². The van der Waals surface area contributed by atoms with E-state index in [0.717, 1.165) is 19.3 Å². The molecule has 3 heteroatoms. The predicted molar refractivity (Wildman–Crippen MR) is 55.9 cm³/mol. The highest BCUT2D eigenvalue weighted by molar-refractivity contribution is 5.78. The van der Waals surface area contributed by atoms with Gasteiger partial charge in [-0.1, -0.05) is 13.8 Å². The second-order valence-corrected chi connectivity index (χ2v) is 4.95. The molecule has 0 saturated heterocycles. The van der Waals surface area contributed by atoms with Crippen molar-refractivity contribution < 1.29 is 9.90 Å². The molecule has 82 valence electrons. The zero-order valence-electron chi connectivity index (χ0n) is 9.34. The minimum atomic E-state index is -0.590. The number of nitrogens with one attached hydrogen (secondary N) is 1. The van der Waals surface area contributed by atoms with E-state index in [2.05, 4.69) is 5.32 Å². The van der Waals surface area contributed by atoms with Crippen LogP contribution >= 0.6 is 0 Å². The normalized spacial score (nSPS) is 33.1. The van der Waals surface area contributed by atoms with Gasteiger partial charge in [0.25, 0.3) is 0 Å². The highest BCUT2D eigenvalue weighted by Crippen LogP contribution is 2.27. The molecule has 1 saturated carbocycles. The Balaban J connectivity index is 2.42. The van der Waals surface area contributed by atoms with Gasteiger partial charge in [-0.05, 0) is 32.6 Å². The molecular formula is C11H21NO2. The third kappa shape index (κ3) is 3.29. The van der Waals surface area contributed by atoms with Gasteiger partial charge in [-0.15, -0.1) is 0 Å². The van der Waals surface area contributed by atoms with Gasteiger partial charge in [0.1, 0.15) is 0 Å². The number of carbonyl (C=O) groups excluding carboxylic acids is 1. The van der Waals surface area contributed by atoms with Crippen LogP contribution in [-0.4, -0.2) is 22.7 Å². The summed E-state index contributed by atoms with van der Waals surface area (Å²) in [6, 6.07) is 0.161. The van der Waals surface area contributed by atoms with Crippen LogP contribution in [0.3, 0.4) is 0 Å². The van der Waals surface area contributed by atoms with Crippen LogP contribution in [0.15, 0.2) is 0 Å². The molecule has 1 amide bonds. The minimum absolute atomic E-state index is 0.0295. The quantitative estimate of drug-likeness (QED) is 0.707. The van der Waals surface area contributed by atoms with Crippen molar-refractivity contribution in [2.24, 2.45) is 5.92 Å². The summed E-state index contributed by atoms with van der Waals surface area (Å²) in [5, 5.41) is 12.8. The summed E-state index contributed by atoms with van der Waals surface area (Å²) in [4.78, 5) is 11.4. The smallest absolute Gasteiger partial charge is 0.222 e. The van der Waals surface area contributed by atoms with Gasteiger partial charge in [0.05, 0.1) is 5.60 Å². The molecule has 0 aromatic rings. The van der Waals surface area contributed by atoms with E-state index in [1.165, 1.54) is 0 Å². The van der Waals surface area contributed by atoms with Gasteiger partial charge < -0.3 is 10.4 Å². The van der Waals surface area contributed by atoms with Crippen molar-refractivity contribution in [3.05, 3.63) is 0 Å². The first-order valence-electron chi connectivity index (χ1n) is 5.43. The largest absolute Gasteiger partial charge is 0.390 e. The maximum absolute atomic E-state index is 11.4. The number of aliphatic hydroxyl groups is 1. The summed E-state index contributed by atoms with van der Waals surface area (Å²) >= 11 is 0. The predicted octanol–water partition coefficient (Wildman–Crippen LogP) is 1.45. The van der Waals surface area contributed by atoms with Crippen molar-refractivity contribution in [1.29, 1.82) is 0 Å². The molecule has 2 atom stereocenters. The van der Waals surface area contributed by atoms with Crippen LogP contribution < -0.4 is 5.32 Å². The van der Waals surface area contributed by atoms with Crippen molar-refractivity contribution in [2.75, 3.05) is 0 Å². The van der Waals surface area contributed by atoms with E-state index in [4.69, 9.17) is 0 Å². The van der Waals surface area contributed by atoms with Crippen LogP contribution in [0.25, 0.3) is 0 Å². The first-order valence-corrected chi connectivity index (χ1v) is 5.43. The van der Waals surface area contributed by atoms with E-state index in [0.29, 0.717) is 6.42 Å². The zero-order valence-corrected chi connectivity index (χ0v) is 9.34. The summed E-state index contributed by atoms with van der Waals surface area (Å²) in [6.45, 7) is 5.62. The number of carbonyl (C=O) groups is 1. The molecular weight excluding hydrogens is 178 g/mol. The molecule has 0 bridgehead atoms. The third-order valence-electron chi connectivity index (χ3n) is 2.82. The Morgan fingerprint density at radius 1 is 1.57 bits per heavy atom.